The second-order valence-electron chi connectivity index (χ2n) is 4.79. The molecule has 0 radical (unpaired) electrons. The number of carbonyl (C=O) groups excluding carboxylic acids is 1. The molecule has 2 rings (SSSR count). The summed E-state index contributed by atoms with van der Waals surface area (Å²) < 4.78 is 7.38. The summed E-state index contributed by atoms with van der Waals surface area (Å²) in [7, 11) is 1.95. The molecule has 0 spiro atoms. The molecule has 0 saturated heterocycles. The van der Waals surface area contributed by atoms with Crippen molar-refractivity contribution >= 4 is 40.7 Å². The Bertz CT molecular complexity index is 698. The summed E-state index contributed by atoms with van der Waals surface area (Å²) in [6, 6.07) is 6.92. The number of aryl methyl sites for hydroxylation is 1. The molecule has 0 aliphatic rings. The molecule has 1 amide bonds. The van der Waals surface area contributed by atoms with Crippen LogP contribution in [0.15, 0.2) is 24.3 Å². The quantitative estimate of drug-likeness (QED) is 0.818. The van der Waals surface area contributed by atoms with Gasteiger partial charge in [-0.15, -0.1) is 0 Å². The molecule has 0 atom stereocenters. The van der Waals surface area contributed by atoms with E-state index in [1.54, 1.807) is 0 Å². The van der Waals surface area contributed by atoms with Crippen LogP contribution in [0.1, 0.15) is 11.4 Å². The molecule has 7 heteroatoms. The van der Waals surface area contributed by atoms with Crippen molar-refractivity contribution in [1.29, 1.82) is 0 Å². The highest BCUT2D eigenvalue weighted by Crippen LogP contribution is 2.33. The molecule has 2 aromatic rings. The van der Waals surface area contributed by atoms with Gasteiger partial charge in [0.1, 0.15) is 5.75 Å². The van der Waals surface area contributed by atoms with Gasteiger partial charge in [-0.2, -0.15) is 0 Å². The summed E-state index contributed by atoms with van der Waals surface area (Å²) in [6.07, 6.45) is 0. The molecule has 0 unspecified atom stereocenters. The molecule has 118 valence electrons. The van der Waals surface area contributed by atoms with Crippen molar-refractivity contribution < 1.29 is 9.53 Å². The molecule has 0 fully saturated rings. The summed E-state index contributed by atoms with van der Waals surface area (Å²) in [4.78, 5) is 11.8. The van der Waals surface area contributed by atoms with Gasteiger partial charge in [-0.1, -0.05) is 34.8 Å². The first-order valence-corrected chi connectivity index (χ1v) is 7.67. The van der Waals surface area contributed by atoms with Gasteiger partial charge in [0.25, 0.3) is 5.91 Å². The molecule has 1 heterocycles. The number of amides is 1. The predicted molar refractivity (Wildman–Crippen MR) is 89.0 cm³/mol. The SMILES string of the molecule is Cc1ccc(CNC(=O)COc2cc(Cl)c(Cl)cc2Cl)n1C. The van der Waals surface area contributed by atoms with Gasteiger partial charge in [0, 0.05) is 24.5 Å². The number of hydrogen-bond acceptors (Lipinski definition) is 2. The molecule has 0 aliphatic carbocycles. The Morgan fingerprint density at radius 2 is 1.86 bits per heavy atom. The average Bonchev–Trinajstić information content (AvgIpc) is 2.79. The van der Waals surface area contributed by atoms with Gasteiger partial charge in [-0.25, -0.2) is 0 Å². The maximum atomic E-state index is 11.8. The number of halogens is 3. The third-order valence-corrected chi connectivity index (χ3v) is 4.29. The number of carbonyl (C=O) groups is 1. The normalized spacial score (nSPS) is 10.6. The highest BCUT2D eigenvalue weighted by molar-refractivity contribution is 6.43. The highest BCUT2D eigenvalue weighted by Gasteiger charge is 2.10. The summed E-state index contributed by atoms with van der Waals surface area (Å²) in [5.41, 5.74) is 2.14. The van der Waals surface area contributed by atoms with Crippen molar-refractivity contribution in [1.82, 2.24) is 9.88 Å². The minimum absolute atomic E-state index is 0.152. The van der Waals surface area contributed by atoms with Gasteiger partial charge in [-0.3, -0.25) is 4.79 Å². The fraction of sp³-hybridized carbons (Fsp3) is 0.267. The first-order valence-electron chi connectivity index (χ1n) is 6.53. The number of hydrogen-bond donors (Lipinski definition) is 1. The highest BCUT2D eigenvalue weighted by atomic mass is 35.5. The largest absolute Gasteiger partial charge is 0.482 e. The second kappa shape index (κ2) is 7.27. The standard InChI is InChI=1S/C15H15Cl3N2O2/c1-9-3-4-10(20(9)2)7-19-15(21)8-22-14-6-12(17)11(16)5-13(14)18/h3-6H,7-8H2,1-2H3,(H,19,21). The van der Waals surface area contributed by atoms with Crippen molar-refractivity contribution in [3.8, 4) is 5.75 Å². The van der Waals surface area contributed by atoms with Crippen LogP contribution in [0.4, 0.5) is 0 Å². The van der Waals surface area contributed by atoms with Gasteiger partial charge >= 0.3 is 0 Å². The Labute approximate surface area is 143 Å². The van der Waals surface area contributed by atoms with Crippen LogP contribution in [0.25, 0.3) is 0 Å². The second-order valence-corrected chi connectivity index (χ2v) is 6.01. The summed E-state index contributed by atoms with van der Waals surface area (Å²) in [5.74, 6) is 0.0712. The minimum Gasteiger partial charge on any atom is -0.482 e. The smallest absolute Gasteiger partial charge is 0.258 e. The van der Waals surface area contributed by atoms with Crippen LogP contribution in [0.3, 0.4) is 0 Å². The van der Waals surface area contributed by atoms with E-state index in [0.29, 0.717) is 27.4 Å². The van der Waals surface area contributed by atoms with Crippen LogP contribution in [0.5, 0.6) is 5.75 Å². The van der Waals surface area contributed by atoms with E-state index in [1.807, 2.05) is 30.7 Å². The minimum atomic E-state index is -0.249. The number of rotatable bonds is 5. The number of nitrogens with zero attached hydrogens (tertiary/aromatic N) is 1. The third-order valence-electron chi connectivity index (χ3n) is 3.28. The van der Waals surface area contributed by atoms with Gasteiger partial charge in [-0.05, 0) is 25.1 Å². The van der Waals surface area contributed by atoms with E-state index in [4.69, 9.17) is 39.5 Å². The fourth-order valence-electron chi connectivity index (χ4n) is 1.84. The van der Waals surface area contributed by atoms with Crippen molar-refractivity contribution in [2.24, 2.45) is 7.05 Å². The van der Waals surface area contributed by atoms with Crippen molar-refractivity contribution in [3.05, 3.63) is 50.7 Å². The van der Waals surface area contributed by atoms with Crippen LogP contribution in [-0.2, 0) is 18.4 Å². The van der Waals surface area contributed by atoms with E-state index in [2.05, 4.69) is 5.32 Å². The van der Waals surface area contributed by atoms with E-state index in [9.17, 15) is 4.79 Å². The molecule has 4 nitrogen and oxygen atoms in total. The zero-order valence-corrected chi connectivity index (χ0v) is 14.4. The number of ether oxygens (including phenoxy) is 1. The zero-order valence-electron chi connectivity index (χ0n) is 12.1. The van der Waals surface area contributed by atoms with Crippen molar-refractivity contribution in [3.63, 3.8) is 0 Å². The molecule has 0 aliphatic heterocycles. The van der Waals surface area contributed by atoms with Crippen LogP contribution in [0.2, 0.25) is 15.1 Å². The van der Waals surface area contributed by atoms with Crippen LogP contribution in [0, 0.1) is 6.92 Å². The Morgan fingerprint density at radius 1 is 1.18 bits per heavy atom. The van der Waals surface area contributed by atoms with Gasteiger partial charge in [0.15, 0.2) is 6.61 Å². The Balaban J connectivity index is 1.88. The summed E-state index contributed by atoms with van der Waals surface area (Å²) in [6.45, 7) is 2.28. The Kier molecular flexibility index (Phi) is 5.62. The molecule has 0 bridgehead atoms. The maximum Gasteiger partial charge on any atom is 0.258 e. The van der Waals surface area contributed by atoms with Crippen LogP contribution in [-0.4, -0.2) is 17.1 Å². The van der Waals surface area contributed by atoms with E-state index < -0.39 is 0 Å². The first kappa shape index (κ1) is 17.0. The number of nitrogens with one attached hydrogen (secondary N) is 1. The van der Waals surface area contributed by atoms with Crippen LogP contribution >= 0.6 is 34.8 Å². The van der Waals surface area contributed by atoms with Crippen molar-refractivity contribution in [2.75, 3.05) is 6.61 Å². The Morgan fingerprint density at radius 3 is 2.50 bits per heavy atom. The zero-order chi connectivity index (χ0) is 16.3. The number of benzene rings is 1. The molecule has 1 N–H and O–H groups in total. The average molecular weight is 362 g/mol. The lowest BCUT2D eigenvalue weighted by atomic mass is 10.3. The maximum absolute atomic E-state index is 11.8. The van der Waals surface area contributed by atoms with Crippen molar-refractivity contribution in [2.45, 2.75) is 13.5 Å². The summed E-state index contributed by atoms with van der Waals surface area (Å²) >= 11 is 17.7. The molecular formula is C15H15Cl3N2O2. The van der Waals surface area contributed by atoms with E-state index in [0.717, 1.165) is 11.4 Å². The topological polar surface area (TPSA) is 43.3 Å². The van der Waals surface area contributed by atoms with Gasteiger partial charge < -0.3 is 14.6 Å². The summed E-state index contributed by atoms with van der Waals surface area (Å²) in [5, 5.41) is 3.74. The lowest BCUT2D eigenvalue weighted by Crippen LogP contribution is -2.29. The van der Waals surface area contributed by atoms with Gasteiger partial charge in [0.2, 0.25) is 0 Å². The van der Waals surface area contributed by atoms with E-state index in [1.165, 1.54) is 12.1 Å². The molecule has 0 saturated carbocycles. The van der Waals surface area contributed by atoms with E-state index in [-0.39, 0.29) is 12.5 Å². The lowest BCUT2D eigenvalue weighted by Gasteiger charge is -2.10. The lowest BCUT2D eigenvalue weighted by molar-refractivity contribution is -0.123. The Hall–Kier alpha value is -1.36. The molecule has 1 aromatic carbocycles. The monoisotopic (exact) mass is 360 g/mol. The van der Waals surface area contributed by atoms with E-state index >= 15 is 0 Å². The van der Waals surface area contributed by atoms with Gasteiger partial charge in [0.05, 0.1) is 21.6 Å². The number of aromatic nitrogens is 1. The van der Waals surface area contributed by atoms with Crippen LogP contribution < -0.4 is 10.1 Å². The fourth-order valence-corrected chi connectivity index (χ4v) is 2.43. The molecular weight excluding hydrogens is 347 g/mol. The predicted octanol–water partition coefficient (Wildman–Crippen LogP) is 3.99. The third kappa shape index (κ3) is 4.09. The first-order chi connectivity index (χ1) is 10.4. The molecule has 1 aromatic heterocycles. The molecule has 22 heavy (non-hydrogen) atoms.